The highest BCUT2D eigenvalue weighted by molar-refractivity contribution is 5.92. The maximum Gasteiger partial charge on any atom is 0.341 e. The third kappa shape index (κ3) is 3.29. The van der Waals surface area contributed by atoms with Crippen LogP contribution in [0.3, 0.4) is 0 Å². The SMILES string of the molecule is CC1CNCCN1c1nc2c(cc1F)c(=O)c(C(=O)O)cn2-c1ccc(O)cc1. The van der Waals surface area contributed by atoms with Gasteiger partial charge in [0.2, 0.25) is 5.43 Å². The number of anilines is 1. The number of aromatic carboxylic acids is 1. The summed E-state index contributed by atoms with van der Waals surface area (Å²) in [5.74, 6) is -1.94. The zero-order valence-corrected chi connectivity index (χ0v) is 15.6. The van der Waals surface area contributed by atoms with Crippen LogP contribution in [0, 0.1) is 5.82 Å². The minimum Gasteiger partial charge on any atom is -0.508 e. The number of fused-ring (bicyclic) bond motifs is 1. The topological polar surface area (TPSA) is 108 Å². The molecular formula is C20H19FN4O4. The Labute approximate surface area is 164 Å². The number of carbonyl (C=O) groups is 1. The first-order valence-corrected chi connectivity index (χ1v) is 9.13. The molecule has 0 aliphatic carbocycles. The van der Waals surface area contributed by atoms with E-state index in [0.29, 0.717) is 25.3 Å². The predicted octanol–water partition coefficient (Wildman–Crippen LogP) is 1.73. The smallest absolute Gasteiger partial charge is 0.341 e. The number of nitrogens with zero attached hydrogens (tertiary/aromatic N) is 3. The fourth-order valence-electron chi connectivity index (χ4n) is 3.53. The number of benzene rings is 1. The number of carboxylic acid groups (broad SMARTS) is 1. The van der Waals surface area contributed by atoms with Crippen molar-refractivity contribution in [3.63, 3.8) is 0 Å². The number of aromatic nitrogens is 2. The van der Waals surface area contributed by atoms with Crippen LogP contribution in [-0.4, -0.2) is 51.4 Å². The number of aromatic hydroxyl groups is 1. The van der Waals surface area contributed by atoms with Crippen LogP contribution in [0.15, 0.2) is 41.3 Å². The summed E-state index contributed by atoms with van der Waals surface area (Å²) in [6.45, 7) is 3.83. The maximum atomic E-state index is 14.9. The first kappa shape index (κ1) is 18.9. The molecule has 3 N–H and O–H groups in total. The van der Waals surface area contributed by atoms with E-state index in [1.54, 1.807) is 12.1 Å². The van der Waals surface area contributed by atoms with E-state index in [1.165, 1.54) is 22.9 Å². The predicted molar refractivity (Wildman–Crippen MR) is 106 cm³/mol. The molecule has 1 aromatic carbocycles. The van der Waals surface area contributed by atoms with Crippen LogP contribution in [0.5, 0.6) is 5.75 Å². The molecule has 1 unspecified atom stereocenters. The van der Waals surface area contributed by atoms with Gasteiger partial charge in [0.05, 0.1) is 5.39 Å². The number of rotatable bonds is 3. The number of pyridine rings is 2. The molecule has 9 heteroatoms. The van der Waals surface area contributed by atoms with Crippen molar-refractivity contribution in [1.82, 2.24) is 14.9 Å². The summed E-state index contributed by atoms with van der Waals surface area (Å²) in [7, 11) is 0. The molecule has 3 aromatic rings. The second-order valence-corrected chi connectivity index (χ2v) is 6.97. The highest BCUT2D eigenvalue weighted by atomic mass is 19.1. The lowest BCUT2D eigenvalue weighted by Gasteiger charge is -2.35. The Hall–Kier alpha value is -3.46. The molecule has 0 saturated carbocycles. The van der Waals surface area contributed by atoms with Gasteiger partial charge in [-0.05, 0) is 37.3 Å². The summed E-state index contributed by atoms with van der Waals surface area (Å²) >= 11 is 0. The van der Waals surface area contributed by atoms with E-state index < -0.39 is 22.8 Å². The molecule has 4 rings (SSSR count). The monoisotopic (exact) mass is 398 g/mol. The summed E-state index contributed by atoms with van der Waals surface area (Å²) in [5.41, 5.74) is -0.662. The van der Waals surface area contributed by atoms with Gasteiger partial charge in [-0.15, -0.1) is 0 Å². The van der Waals surface area contributed by atoms with E-state index in [4.69, 9.17) is 0 Å². The second kappa shape index (κ2) is 7.17. The maximum absolute atomic E-state index is 14.9. The van der Waals surface area contributed by atoms with Crippen molar-refractivity contribution < 1.29 is 19.4 Å². The van der Waals surface area contributed by atoms with Gasteiger partial charge < -0.3 is 25.0 Å². The Balaban J connectivity index is 2.02. The van der Waals surface area contributed by atoms with Crippen molar-refractivity contribution in [2.75, 3.05) is 24.5 Å². The molecule has 0 spiro atoms. The van der Waals surface area contributed by atoms with Crippen LogP contribution < -0.4 is 15.6 Å². The largest absolute Gasteiger partial charge is 0.508 e. The molecule has 1 atom stereocenters. The van der Waals surface area contributed by atoms with Gasteiger partial charge in [0.1, 0.15) is 11.3 Å². The molecule has 2 aromatic heterocycles. The summed E-state index contributed by atoms with van der Waals surface area (Å²) in [5, 5.41) is 22.1. The first-order valence-electron chi connectivity index (χ1n) is 9.13. The number of nitrogens with one attached hydrogen (secondary N) is 1. The second-order valence-electron chi connectivity index (χ2n) is 6.97. The van der Waals surface area contributed by atoms with Gasteiger partial charge in [-0.2, -0.15) is 0 Å². The zero-order valence-electron chi connectivity index (χ0n) is 15.6. The Morgan fingerprint density at radius 2 is 2.03 bits per heavy atom. The van der Waals surface area contributed by atoms with Gasteiger partial charge in [-0.3, -0.25) is 4.79 Å². The summed E-state index contributed by atoms with van der Waals surface area (Å²) < 4.78 is 16.4. The van der Waals surface area contributed by atoms with Gasteiger partial charge in [0.25, 0.3) is 0 Å². The van der Waals surface area contributed by atoms with Crippen LogP contribution in [0.4, 0.5) is 10.2 Å². The van der Waals surface area contributed by atoms with Crippen LogP contribution >= 0.6 is 0 Å². The minimum atomic E-state index is -1.41. The third-order valence-corrected chi connectivity index (χ3v) is 5.04. The van der Waals surface area contributed by atoms with Crippen molar-refractivity contribution in [1.29, 1.82) is 0 Å². The van der Waals surface area contributed by atoms with Crippen molar-refractivity contribution >= 4 is 22.8 Å². The van der Waals surface area contributed by atoms with Crippen LogP contribution in [-0.2, 0) is 0 Å². The van der Waals surface area contributed by atoms with Gasteiger partial charge in [-0.25, -0.2) is 14.2 Å². The normalized spacial score (nSPS) is 16.9. The lowest BCUT2D eigenvalue weighted by Crippen LogP contribution is -2.50. The summed E-state index contributed by atoms with van der Waals surface area (Å²) in [4.78, 5) is 30.5. The third-order valence-electron chi connectivity index (χ3n) is 5.04. The summed E-state index contributed by atoms with van der Waals surface area (Å²) in [6, 6.07) is 7.03. The highest BCUT2D eigenvalue weighted by Gasteiger charge is 2.25. The van der Waals surface area contributed by atoms with Crippen LogP contribution in [0.25, 0.3) is 16.7 Å². The number of hydrogen-bond donors (Lipinski definition) is 3. The number of halogens is 1. The molecular weight excluding hydrogens is 379 g/mol. The van der Waals surface area contributed by atoms with Crippen molar-refractivity contribution in [3.8, 4) is 11.4 Å². The van der Waals surface area contributed by atoms with E-state index in [1.807, 2.05) is 11.8 Å². The molecule has 1 aliphatic heterocycles. The van der Waals surface area contributed by atoms with Crippen LogP contribution in [0.1, 0.15) is 17.3 Å². The van der Waals surface area contributed by atoms with Gasteiger partial charge in [0.15, 0.2) is 17.3 Å². The number of phenolic OH excluding ortho intramolecular Hbond substituents is 1. The van der Waals surface area contributed by atoms with E-state index in [0.717, 1.165) is 6.07 Å². The Morgan fingerprint density at radius 3 is 2.69 bits per heavy atom. The lowest BCUT2D eigenvalue weighted by molar-refractivity contribution is 0.0695. The zero-order chi connectivity index (χ0) is 20.7. The molecule has 1 saturated heterocycles. The molecule has 0 amide bonds. The van der Waals surface area contributed by atoms with E-state index in [2.05, 4.69) is 10.3 Å². The van der Waals surface area contributed by atoms with E-state index in [-0.39, 0.29) is 28.6 Å². The summed E-state index contributed by atoms with van der Waals surface area (Å²) in [6.07, 6.45) is 1.18. The average Bonchev–Trinajstić information content (AvgIpc) is 2.69. The molecule has 0 radical (unpaired) electrons. The van der Waals surface area contributed by atoms with Gasteiger partial charge in [0, 0.05) is 37.6 Å². The number of phenols is 1. The van der Waals surface area contributed by atoms with Crippen molar-refractivity contribution in [2.24, 2.45) is 0 Å². The molecule has 1 aliphatic rings. The van der Waals surface area contributed by atoms with Crippen molar-refractivity contribution in [2.45, 2.75) is 13.0 Å². The van der Waals surface area contributed by atoms with Gasteiger partial charge in [-0.1, -0.05) is 0 Å². The first-order chi connectivity index (χ1) is 13.9. The molecule has 8 nitrogen and oxygen atoms in total. The van der Waals surface area contributed by atoms with E-state index in [9.17, 15) is 24.2 Å². The quantitative estimate of drug-likeness (QED) is 0.617. The fourth-order valence-corrected chi connectivity index (χ4v) is 3.53. The molecule has 0 bridgehead atoms. The van der Waals surface area contributed by atoms with Crippen molar-refractivity contribution in [3.05, 3.63) is 58.1 Å². The van der Waals surface area contributed by atoms with E-state index >= 15 is 0 Å². The van der Waals surface area contributed by atoms with Gasteiger partial charge >= 0.3 is 5.97 Å². The Morgan fingerprint density at radius 1 is 1.31 bits per heavy atom. The number of piperazine rings is 1. The highest BCUT2D eigenvalue weighted by Crippen LogP contribution is 2.26. The standard InChI is InChI=1S/C20H19FN4O4/c1-11-9-22-6-7-24(11)19-16(21)8-14-17(27)15(20(28)29)10-25(18(14)23-19)12-2-4-13(26)5-3-12/h2-5,8,10-11,22,26H,6-7,9H2,1H3,(H,28,29). The number of hydrogen-bond acceptors (Lipinski definition) is 6. The fraction of sp³-hybridized carbons (Fsp3) is 0.250. The average molecular weight is 398 g/mol. The molecule has 29 heavy (non-hydrogen) atoms. The lowest BCUT2D eigenvalue weighted by atomic mass is 10.1. The van der Waals surface area contributed by atoms with Crippen LogP contribution in [0.2, 0.25) is 0 Å². The molecule has 1 fully saturated rings. The Kier molecular flexibility index (Phi) is 4.67. The Bertz CT molecular complexity index is 1160. The number of carboxylic acids is 1. The molecule has 3 heterocycles. The molecule has 150 valence electrons. The minimum absolute atomic E-state index is 0.00432.